The predicted octanol–water partition coefficient (Wildman–Crippen LogP) is -2.04. The summed E-state index contributed by atoms with van der Waals surface area (Å²) in [5, 5.41) is 94.3. The third kappa shape index (κ3) is 17.9. The average molecular weight is 1060 g/mol. The number of hydrogen-bond acceptors (Lipinski definition) is 16. The minimum absolute atomic E-state index is 0.00126. The largest absolute Gasteiger partial charge is 0.391 e. The third-order valence-corrected chi connectivity index (χ3v) is 14.9. The Morgan fingerprint density at radius 1 is 0.733 bits per heavy atom. The van der Waals surface area contributed by atoms with Crippen LogP contribution in [0.1, 0.15) is 135 Å². The number of aryl methyl sites for hydroxylation is 1. The molecule has 424 valence electrons. The molecule has 3 aliphatic rings. The zero-order valence-corrected chi connectivity index (χ0v) is 44.5. The lowest BCUT2D eigenvalue weighted by Crippen LogP contribution is -2.64. The van der Waals surface area contributed by atoms with E-state index < -0.39 is 146 Å². The van der Waals surface area contributed by atoms with Crippen LogP contribution >= 0.6 is 0 Å². The summed E-state index contributed by atoms with van der Waals surface area (Å²) in [7, 11) is 1.36. The number of hydrogen-bond donors (Lipinski definition) is 14. The van der Waals surface area contributed by atoms with Crippen molar-refractivity contribution in [3.63, 3.8) is 0 Å². The molecule has 15 N–H and O–H groups in total. The van der Waals surface area contributed by atoms with E-state index in [0.29, 0.717) is 18.3 Å². The second kappa shape index (κ2) is 30.2. The van der Waals surface area contributed by atoms with E-state index in [4.69, 9.17) is 5.73 Å². The van der Waals surface area contributed by atoms with Gasteiger partial charge in [0.2, 0.25) is 41.4 Å². The molecule has 3 saturated heterocycles. The van der Waals surface area contributed by atoms with Gasteiger partial charge in [0.15, 0.2) is 0 Å². The van der Waals surface area contributed by atoms with Crippen LogP contribution in [-0.4, -0.2) is 193 Å². The van der Waals surface area contributed by atoms with Crippen LogP contribution in [0.15, 0.2) is 24.3 Å². The number of amides is 7. The second-order valence-electron chi connectivity index (χ2n) is 21.1. The quantitative estimate of drug-likeness (QED) is 0.0590. The van der Waals surface area contributed by atoms with Crippen molar-refractivity contribution >= 4 is 41.4 Å². The van der Waals surface area contributed by atoms with Crippen molar-refractivity contribution in [2.24, 2.45) is 17.6 Å². The van der Waals surface area contributed by atoms with Crippen LogP contribution in [0.5, 0.6) is 0 Å². The molecule has 0 bridgehead atoms. The van der Waals surface area contributed by atoms with Gasteiger partial charge in [0.05, 0.1) is 30.5 Å². The molecule has 4 rings (SSSR count). The second-order valence-corrected chi connectivity index (χ2v) is 21.1. The minimum Gasteiger partial charge on any atom is -0.391 e. The molecule has 3 aliphatic heterocycles. The van der Waals surface area contributed by atoms with Gasteiger partial charge >= 0.3 is 0 Å². The molecule has 3 fully saturated rings. The number of likely N-dealkylation sites (N-methyl/N-ethyl adjacent to an activating group) is 1. The van der Waals surface area contributed by atoms with E-state index in [1.807, 2.05) is 0 Å². The molecule has 0 aliphatic carbocycles. The average Bonchev–Trinajstić information content (AvgIpc) is 3.97. The molecule has 1 aromatic carbocycles. The molecular weight excluding hydrogens is 975 g/mol. The number of unbranched alkanes of at least 4 members (excludes halogenated alkanes) is 5. The van der Waals surface area contributed by atoms with E-state index in [9.17, 15) is 69.3 Å². The Morgan fingerprint density at radius 2 is 1.35 bits per heavy atom. The van der Waals surface area contributed by atoms with Crippen LogP contribution in [0.4, 0.5) is 0 Å². The number of rotatable bonds is 21. The molecule has 0 saturated carbocycles. The Morgan fingerprint density at radius 3 is 1.97 bits per heavy atom. The highest BCUT2D eigenvalue weighted by atomic mass is 16.3. The highest BCUT2D eigenvalue weighted by Gasteiger charge is 2.49. The van der Waals surface area contributed by atoms with E-state index in [0.717, 1.165) is 60.3 Å². The number of carbonyl (C=O) groups excluding carboxylic acids is 7. The van der Waals surface area contributed by atoms with Crippen LogP contribution in [0.2, 0.25) is 0 Å². The van der Waals surface area contributed by atoms with Crippen LogP contribution in [0, 0.1) is 18.8 Å². The highest BCUT2D eigenvalue weighted by molar-refractivity contribution is 5.98. The summed E-state index contributed by atoms with van der Waals surface area (Å²) in [4.78, 5) is 102. The lowest BCUT2D eigenvalue weighted by molar-refractivity contribution is -0.148. The van der Waals surface area contributed by atoms with Gasteiger partial charge < -0.3 is 77.9 Å². The summed E-state index contributed by atoms with van der Waals surface area (Å²) < 4.78 is 0. The van der Waals surface area contributed by atoms with Gasteiger partial charge in [0, 0.05) is 32.4 Å². The molecule has 1 aromatic rings. The Balaban J connectivity index is 1.70. The Hall–Kier alpha value is -4.85. The molecular formula is C52H87N9O14. The highest BCUT2D eigenvalue weighted by Crippen LogP contribution is 2.26. The zero-order chi connectivity index (χ0) is 55.7. The fourth-order valence-electron chi connectivity index (χ4n) is 10.2. The van der Waals surface area contributed by atoms with E-state index in [1.165, 1.54) is 32.5 Å². The monoisotopic (exact) mass is 1060 g/mol. The lowest BCUT2D eigenvalue weighted by Gasteiger charge is -2.35. The molecule has 75 heavy (non-hydrogen) atoms. The van der Waals surface area contributed by atoms with Crippen molar-refractivity contribution in [1.82, 2.24) is 41.7 Å². The number of benzene rings is 1. The summed E-state index contributed by atoms with van der Waals surface area (Å²) in [6.45, 7) is 8.71. The number of nitrogens with zero attached hydrogens (tertiary/aromatic N) is 2. The van der Waals surface area contributed by atoms with Crippen molar-refractivity contribution in [1.29, 1.82) is 0 Å². The topological polar surface area (TPSA) is 366 Å². The minimum atomic E-state index is -2.19. The molecule has 0 spiro atoms. The van der Waals surface area contributed by atoms with Gasteiger partial charge in [0.1, 0.15) is 54.6 Å². The maximum absolute atomic E-state index is 14.5. The van der Waals surface area contributed by atoms with Crippen LogP contribution in [0.3, 0.4) is 0 Å². The van der Waals surface area contributed by atoms with Gasteiger partial charge in [0.25, 0.3) is 0 Å². The first-order valence-electron chi connectivity index (χ1n) is 26.8. The van der Waals surface area contributed by atoms with Crippen molar-refractivity contribution in [2.75, 3.05) is 26.7 Å². The number of aliphatic hydroxyl groups is 7. The number of nitrogens with one attached hydrogen (secondary N) is 6. The van der Waals surface area contributed by atoms with Crippen molar-refractivity contribution in [3.8, 4) is 0 Å². The van der Waals surface area contributed by atoms with Gasteiger partial charge in [-0.25, -0.2) is 0 Å². The fraction of sp³-hybridized carbons (Fsp3) is 0.750. The first-order chi connectivity index (χ1) is 35.5. The van der Waals surface area contributed by atoms with Gasteiger partial charge in [-0.05, 0) is 70.5 Å². The number of fused-ring (bicyclic) bond motifs is 2. The first kappa shape index (κ1) is 62.7. The van der Waals surface area contributed by atoms with Gasteiger partial charge in [-0.15, -0.1) is 0 Å². The molecule has 3 heterocycles. The van der Waals surface area contributed by atoms with E-state index in [-0.39, 0.29) is 37.9 Å². The molecule has 23 heteroatoms. The summed E-state index contributed by atoms with van der Waals surface area (Å²) in [5.41, 5.74) is 6.65. The van der Waals surface area contributed by atoms with Crippen LogP contribution in [-0.2, 0) is 33.6 Å². The van der Waals surface area contributed by atoms with Gasteiger partial charge in [-0.1, -0.05) is 95.5 Å². The lowest BCUT2D eigenvalue weighted by atomic mass is 9.91. The standard InChI is InChI=1S/C52H87N9O14/c1-7-28(2)24-30(4)14-12-10-8-9-11-13-15-39(67)55-34-26-38(66)46(54-6)59-50(73)43-37(65)21-23-60(43)52(75)41(36(64)20-22-53)57-49(72)42(45(69)44(68)32-18-16-29(3)17-19-32)58-48(71)35-25-33(63)27-61(35)51(74)40(31(5)62)56-47(34)70/h16-19,28,30-31,33-38,40-46,54,62-66,68-69H,7-15,20-27,53H2,1-6H3,(H,55,67)(H,56,70)(H,57,72)(H,58,71)(H,59,73). The fourth-order valence-corrected chi connectivity index (χ4v) is 10.2. The summed E-state index contributed by atoms with van der Waals surface area (Å²) in [5.74, 6) is -5.92. The van der Waals surface area contributed by atoms with Gasteiger partial charge in [-0.2, -0.15) is 0 Å². The number of aliphatic hydroxyl groups excluding tert-OH is 7. The summed E-state index contributed by atoms with van der Waals surface area (Å²) >= 11 is 0. The van der Waals surface area contributed by atoms with Crippen LogP contribution in [0.25, 0.3) is 0 Å². The van der Waals surface area contributed by atoms with Gasteiger partial charge in [-0.3, -0.25) is 38.9 Å². The Kier molecular flexibility index (Phi) is 25.2. The summed E-state index contributed by atoms with van der Waals surface area (Å²) in [6.07, 6.45) is -6.14. The van der Waals surface area contributed by atoms with E-state index in [2.05, 4.69) is 52.7 Å². The Labute approximate surface area is 440 Å². The third-order valence-electron chi connectivity index (χ3n) is 14.9. The van der Waals surface area contributed by atoms with E-state index in [1.54, 1.807) is 19.1 Å². The maximum Gasteiger partial charge on any atom is 0.248 e. The smallest absolute Gasteiger partial charge is 0.248 e. The maximum atomic E-state index is 14.5. The molecule has 7 amide bonds. The summed E-state index contributed by atoms with van der Waals surface area (Å²) in [6, 6.07) is -4.70. The van der Waals surface area contributed by atoms with Crippen molar-refractivity contribution in [3.05, 3.63) is 35.4 Å². The number of nitrogens with two attached hydrogens (primary N) is 1. The molecule has 16 unspecified atom stereocenters. The SMILES string of the molecule is CCC(C)CC(C)CCCCCCCCC(=O)NC1CC(O)C(NC)NC(=O)C2C(O)CCN2C(=O)C(C(O)CCN)NC(=O)C(C(O)C(O)c2ccc(C)cc2)NC(=O)C2CC(O)CN2C(=O)C(C(C)O)NC1=O. The normalized spacial score (nSPS) is 29.1. The molecule has 16 atom stereocenters. The number of carbonyl (C=O) groups is 7. The van der Waals surface area contributed by atoms with Crippen LogP contribution < -0.4 is 37.6 Å². The molecule has 0 radical (unpaired) electrons. The van der Waals surface area contributed by atoms with Crippen molar-refractivity contribution in [2.45, 2.75) is 210 Å². The Bertz CT molecular complexity index is 2030. The first-order valence-corrected chi connectivity index (χ1v) is 26.8. The van der Waals surface area contributed by atoms with E-state index >= 15 is 0 Å². The zero-order valence-electron chi connectivity index (χ0n) is 44.5. The molecule has 0 aromatic heterocycles. The van der Waals surface area contributed by atoms with Crippen molar-refractivity contribution < 1.29 is 69.3 Å². The molecule has 23 nitrogen and oxygen atoms in total. The predicted molar refractivity (Wildman–Crippen MR) is 275 cm³/mol.